The summed E-state index contributed by atoms with van der Waals surface area (Å²) in [5.74, 6) is 0. The number of aromatic nitrogens is 4. The van der Waals surface area contributed by atoms with Crippen LogP contribution in [0.5, 0.6) is 0 Å². The first-order valence-corrected chi connectivity index (χ1v) is 5.77. The second-order valence-corrected chi connectivity index (χ2v) is 4.46. The molecule has 5 nitrogen and oxygen atoms in total. The molecule has 0 spiro atoms. The Morgan fingerprint density at radius 1 is 1.35 bits per heavy atom. The molecule has 2 aromatic heterocycles. The zero-order valence-electron chi connectivity index (χ0n) is 10.4. The van der Waals surface area contributed by atoms with Gasteiger partial charge < -0.3 is 5.32 Å². The maximum absolute atomic E-state index is 6.17. The highest BCUT2D eigenvalue weighted by molar-refractivity contribution is 6.31. The van der Waals surface area contributed by atoms with Crippen LogP contribution >= 0.6 is 11.6 Å². The summed E-state index contributed by atoms with van der Waals surface area (Å²) in [7, 11) is 5.71. The molecule has 1 unspecified atom stereocenters. The molecule has 1 N–H and O–H groups in total. The first kappa shape index (κ1) is 12.1. The molecular formula is C11H16ClN5. The summed E-state index contributed by atoms with van der Waals surface area (Å²) in [5.41, 5.74) is 2.99. The number of rotatable bonds is 3. The Hall–Kier alpha value is -1.33. The standard InChI is InChI=1S/C11H16ClN5/c1-7-5-9(16(3)15-7)10(13-2)11-8(12)6-14-17(11)4/h5-6,10,13H,1-4H3. The molecule has 0 radical (unpaired) electrons. The molecule has 0 aliphatic rings. The predicted molar refractivity (Wildman–Crippen MR) is 67.1 cm³/mol. The maximum atomic E-state index is 6.17. The number of aryl methyl sites for hydroxylation is 3. The summed E-state index contributed by atoms with van der Waals surface area (Å²) in [5, 5.41) is 12.4. The highest BCUT2D eigenvalue weighted by atomic mass is 35.5. The molecule has 0 aliphatic carbocycles. The Morgan fingerprint density at radius 2 is 2.06 bits per heavy atom. The van der Waals surface area contributed by atoms with Gasteiger partial charge in [-0.15, -0.1) is 0 Å². The minimum Gasteiger partial charge on any atom is -0.307 e. The monoisotopic (exact) mass is 253 g/mol. The Morgan fingerprint density at radius 3 is 2.47 bits per heavy atom. The van der Waals surface area contributed by atoms with Crippen molar-refractivity contribution in [2.24, 2.45) is 14.1 Å². The van der Waals surface area contributed by atoms with E-state index in [4.69, 9.17) is 11.6 Å². The van der Waals surface area contributed by atoms with E-state index in [1.165, 1.54) is 0 Å². The quantitative estimate of drug-likeness (QED) is 0.900. The second kappa shape index (κ2) is 4.50. The van der Waals surface area contributed by atoms with Gasteiger partial charge in [0.2, 0.25) is 0 Å². The van der Waals surface area contributed by atoms with Gasteiger partial charge in [0, 0.05) is 14.1 Å². The van der Waals surface area contributed by atoms with Crippen LogP contribution in [-0.2, 0) is 14.1 Å². The Bertz CT molecular complexity index is 508. The van der Waals surface area contributed by atoms with Crippen molar-refractivity contribution in [2.75, 3.05) is 7.05 Å². The lowest BCUT2D eigenvalue weighted by Crippen LogP contribution is -2.23. The van der Waals surface area contributed by atoms with Crippen molar-refractivity contribution < 1.29 is 0 Å². The SMILES string of the molecule is CNC(c1cc(C)nn1C)c1c(Cl)cnn1C. The fourth-order valence-corrected chi connectivity index (χ4v) is 2.35. The van der Waals surface area contributed by atoms with Gasteiger partial charge >= 0.3 is 0 Å². The van der Waals surface area contributed by atoms with Crippen LogP contribution in [0.25, 0.3) is 0 Å². The summed E-state index contributed by atoms with van der Waals surface area (Å²) < 4.78 is 3.64. The third-order valence-electron chi connectivity index (χ3n) is 2.83. The molecule has 0 aliphatic heterocycles. The van der Waals surface area contributed by atoms with E-state index in [2.05, 4.69) is 15.5 Å². The van der Waals surface area contributed by atoms with Crippen molar-refractivity contribution in [3.63, 3.8) is 0 Å². The summed E-state index contributed by atoms with van der Waals surface area (Å²) in [6.07, 6.45) is 1.66. The molecular weight excluding hydrogens is 238 g/mol. The van der Waals surface area contributed by atoms with Crippen molar-refractivity contribution in [3.8, 4) is 0 Å². The smallest absolute Gasteiger partial charge is 0.0931 e. The van der Waals surface area contributed by atoms with E-state index in [1.807, 2.05) is 38.8 Å². The average Bonchev–Trinajstić information content (AvgIpc) is 2.76. The zero-order valence-corrected chi connectivity index (χ0v) is 11.2. The molecule has 6 heteroatoms. The van der Waals surface area contributed by atoms with Crippen LogP contribution in [0.3, 0.4) is 0 Å². The lowest BCUT2D eigenvalue weighted by Gasteiger charge is -2.17. The summed E-state index contributed by atoms with van der Waals surface area (Å²) >= 11 is 6.17. The number of nitrogens with one attached hydrogen (secondary N) is 1. The van der Waals surface area contributed by atoms with Gasteiger partial charge in [-0.05, 0) is 20.0 Å². The van der Waals surface area contributed by atoms with Crippen molar-refractivity contribution in [3.05, 3.63) is 34.4 Å². The largest absolute Gasteiger partial charge is 0.307 e. The lowest BCUT2D eigenvalue weighted by molar-refractivity contribution is 0.560. The molecule has 2 heterocycles. The molecule has 17 heavy (non-hydrogen) atoms. The molecule has 2 aromatic rings. The van der Waals surface area contributed by atoms with Gasteiger partial charge in [-0.3, -0.25) is 9.36 Å². The Labute approximate surface area is 105 Å². The summed E-state index contributed by atoms with van der Waals surface area (Å²) in [4.78, 5) is 0. The number of hydrogen-bond donors (Lipinski definition) is 1. The van der Waals surface area contributed by atoms with Crippen molar-refractivity contribution >= 4 is 11.6 Å². The zero-order chi connectivity index (χ0) is 12.6. The van der Waals surface area contributed by atoms with Crippen molar-refractivity contribution in [1.29, 1.82) is 0 Å². The van der Waals surface area contributed by atoms with E-state index in [9.17, 15) is 0 Å². The van der Waals surface area contributed by atoms with E-state index < -0.39 is 0 Å². The van der Waals surface area contributed by atoms with Crippen LogP contribution in [0, 0.1) is 6.92 Å². The van der Waals surface area contributed by atoms with Crippen LogP contribution in [-0.4, -0.2) is 26.6 Å². The third-order valence-corrected chi connectivity index (χ3v) is 3.12. The summed E-state index contributed by atoms with van der Waals surface area (Å²) in [6.45, 7) is 1.97. The Balaban J connectivity index is 2.51. The molecule has 0 aromatic carbocycles. The molecule has 0 amide bonds. The molecule has 0 saturated heterocycles. The Kier molecular flexibility index (Phi) is 3.22. The van der Waals surface area contributed by atoms with Crippen molar-refractivity contribution in [2.45, 2.75) is 13.0 Å². The van der Waals surface area contributed by atoms with Crippen LogP contribution in [0.2, 0.25) is 5.02 Å². The normalized spacial score (nSPS) is 13.0. The third kappa shape index (κ3) is 2.08. The van der Waals surface area contributed by atoms with Gasteiger partial charge in [0.05, 0.1) is 34.3 Å². The van der Waals surface area contributed by atoms with Gasteiger partial charge in [0.25, 0.3) is 0 Å². The van der Waals surface area contributed by atoms with Crippen LogP contribution in [0.4, 0.5) is 0 Å². The average molecular weight is 254 g/mol. The minimum atomic E-state index is -0.0128. The van der Waals surface area contributed by atoms with E-state index in [0.29, 0.717) is 5.02 Å². The number of halogens is 1. The lowest BCUT2D eigenvalue weighted by atomic mass is 10.1. The van der Waals surface area contributed by atoms with E-state index in [1.54, 1.807) is 10.9 Å². The molecule has 0 fully saturated rings. The number of nitrogens with zero attached hydrogens (tertiary/aromatic N) is 4. The summed E-state index contributed by atoms with van der Waals surface area (Å²) in [6, 6.07) is 2.03. The first-order chi connectivity index (χ1) is 8.04. The minimum absolute atomic E-state index is 0.0128. The first-order valence-electron chi connectivity index (χ1n) is 5.39. The van der Waals surface area contributed by atoms with Gasteiger partial charge in [0.15, 0.2) is 0 Å². The fraction of sp³-hybridized carbons (Fsp3) is 0.455. The van der Waals surface area contributed by atoms with Gasteiger partial charge in [-0.25, -0.2) is 0 Å². The maximum Gasteiger partial charge on any atom is 0.0931 e. The topological polar surface area (TPSA) is 47.7 Å². The van der Waals surface area contributed by atoms with E-state index >= 15 is 0 Å². The second-order valence-electron chi connectivity index (χ2n) is 4.06. The molecule has 92 valence electrons. The highest BCUT2D eigenvalue weighted by Gasteiger charge is 2.22. The molecule has 0 saturated carbocycles. The predicted octanol–water partition coefficient (Wildman–Crippen LogP) is 1.42. The molecule has 0 bridgehead atoms. The number of hydrogen-bond acceptors (Lipinski definition) is 3. The van der Waals surface area contributed by atoms with Gasteiger partial charge in [0.1, 0.15) is 0 Å². The molecule has 1 atom stereocenters. The highest BCUT2D eigenvalue weighted by Crippen LogP contribution is 2.27. The van der Waals surface area contributed by atoms with E-state index in [0.717, 1.165) is 17.1 Å². The van der Waals surface area contributed by atoms with Crippen LogP contribution in [0.1, 0.15) is 23.1 Å². The van der Waals surface area contributed by atoms with Crippen LogP contribution < -0.4 is 5.32 Å². The fourth-order valence-electron chi connectivity index (χ4n) is 2.07. The van der Waals surface area contributed by atoms with Gasteiger partial charge in [-0.2, -0.15) is 10.2 Å². The van der Waals surface area contributed by atoms with Gasteiger partial charge in [-0.1, -0.05) is 11.6 Å². The van der Waals surface area contributed by atoms with E-state index in [-0.39, 0.29) is 6.04 Å². The molecule has 2 rings (SSSR count). The van der Waals surface area contributed by atoms with Crippen LogP contribution in [0.15, 0.2) is 12.3 Å². The van der Waals surface area contributed by atoms with Crippen molar-refractivity contribution in [1.82, 2.24) is 24.9 Å².